The smallest absolute Gasteiger partial charge is 0.382 e. The Kier molecular flexibility index (Phi) is 6.62. The lowest BCUT2D eigenvalue weighted by Crippen LogP contribution is -2.42. The molecular weight excluding hydrogens is 411 g/mol. The Labute approximate surface area is 177 Å². The third-order valence-electron chi connectivity index (χ3n) is 4.90. The number of halogens is 3. The predicted molar refractivity (Wildman–Crippen MR) is 108 cm³/mol. The number of rotatable bonds is 6. The molecule has 0 aromatic heterocycles. The van der Waals surface area contributed by atoms with Gasteiger partial charge in [0.25, 0.3) is 5.91 Å². The first-order chi connectivity index (χ1) is 14.6. The molecule has 0 spiro atoms. The van der Waals surface area contributed by atoms with E-state index >= 15 is 0 Å². The molecule has 0 saturated carbocycles. The highest BCUT2D eigenvalue weighted by Gasteiger charge is 2.32. The molecule has 1 N–H and O–H groups in total. The van der Waals surface area contributed by atoms with Gasteiger partial charge in [0.1, 0.15) is 0 Å². The SMILES string of the molecule is Cc1ccccc1C1=NOC(C(=O)N(C)CC(=O)NCc2cccc(C(F)(F)F)c2)C1. The predicted octanol–water partition coefficient (Wildman–Crippen LogP) is 3.28. The van der Waals surface area contributed by atoms with E-state index in [0.29, 0.717) is 17.7 Å². The molecule has 9 heteroatoms. The molecule has 1 heterocycles. The zero-order valence-corrected chi connectivity index (χ0v) is 17.1. The zero-order chi connectivity index (χ0) is 22.6. The summed E-state index contributed by atoms with van der Waals surface area (Å²) in [5.74, 6) is -0.896. The molecule has 6 nitrogen and oxygen atoms in total. The summed E-state index contributed by atoms with van der Waals surface area (Å²) in [6.45, 7) is 1.61. The van der Waals surface area contributed by atoms with E-state index in [4.69, 9.17) is 4.84 Å². The lowest BCUT2D eigenvalue weighted by molar-refractivity contribution is -0.143. The van der Waals surface area contributed by atoms with Gasteiger partial charge < -0.3 is 15.1 Å². The maximum Gasteiger partial charge on any atom is 0.416 e. The number of benzene rings is 2. The third kappa shape index (κ3) is 5.62. The fourth-order valence-electron chi connectivity index (χ4n) is 3.22. The van der Waals surface area contributed by atoms with Gasteiger partial charge in [0.2, 0.25) is 12.0 Å². The second-order valence-electron chi connectivity index (χ2n) is 7.32. The molecule has 1 atom stereocenters. The summed E-state index contributed by atoms with van der Waals surface area (Å²) in [7, 11) is 1.46. The fraction of sp³-hybridized carbons (Fsp3) is 0.318. The van der Waals surface area contributed by atoms with Crippen LogP contribution in [0.25, 0.3) is 0 Å². The minimum absolute atomic E-state index is 0.0781. The van der Waals surface area contributed by atoms with Crippen LogP contribution in [0.1, 0.15) is 28.7 Å². The highest BCUT2D eigenvalue weighted by atomic mass is 19.4. The number of nitrogens with zero attached hydrogens (tertiary/aromatic N) is 2. The number of amides is 2. The van der Waals surface area contributed by atoms with Crippen LogP contribution in [0.5, 0.6) is 0 Å². The van der Waals surface area contributed by atoms with E-state index in [1.807, 2.05) is 31.2 Å². The molecule has 31 heavy (non-hydrogen) atoms. The Bertz CT molecular complexity index is 1000. The Balaban J connectivity index is 1.50. The van der Waals surface area contributed by atoms with E-state index in [-0.39, 0.29) is 13.1 Å². The molecule has 0 radical (unpaired) electrons. The second kappa shape index (κ2) is 9.20. The Morgan fingerprint density at radius 3 is 2.65 bits per heavy atom. The number of aryl methyl sites for hydroxylation is 1. The molecule has 0 aliphatic carbocycles. The minimum atomic E-state index is -4.45. The van der Waals surface area contributed by atoms with Gasteiger partial charge in [0.05, 0.1) is 17.8 Å². The summed E-state index contributed by atoms with van der Waals surface area (Å²) >= 11 is 0. The van der Waals surface area contributed by atoms with Crippen molar-refractivity contribution in [1.29, 1.82) is 0 Å². The molecule has 164 valence electrons. The van der Waals surface area contributed by atoms with E-state index in [2.05, 4.69) is 10.5 Å². The van der Waals surface area contributed by atoms with Crippen molar-refractivity contribution in [1.82, 2.24) is 10.2 Å². The van der Waals surface area contributed by atoms with Crippen LogP contribution in [-0.2, 0) is 27.1 Å². The van der Waals surface area contributed by atoms with Crippen LogP contribution in [0, 0.1) is 6.92 Å². The highest BCUT2D eigenvalue weighted by Crippen LogP contribution is 2.29. The molecule has 2 amide bonds. The Hall–Kier alpha value is -3.36. The number of hydrogen-bond donors (Lipinski definition) is 1. The summed E-state index contributed by atoms with van der Waals surface area (Å²) < 4.78 is 38.3. The molecule has 2 aromatic carbocycles. The molecule has 0 bridgehead atoms. The van der Waals surface area contributed by atoms with Crippen LogP contribution in [0.4, 0.5) is 13.2 Å². The first-order valence-corrected chi connectivity index (χ1v) is 9.61. The average molecular weight is 433 g/mol. The first kappa shape index (κ1) is 22.3. The summed E-state index contributed by atoms with van der Waals surface area (Å²) in [5, 5.41) is 6.54. The van der Waals surface area contributed by atoms with Crippen LogP contribution in [-0.4, -0.2) is 42.1 Å². The van der Waals surface area contributed by atoms with Crippen LogP contribution >= 0.6 is 0 Å². The van der Waals surface area contributed by atoms with E-state index in [1.165, 1.54) is 24.1 Å². The summed E-state index contributed by atoms with van der Waals surface area (Å²) in [4.78, 5) is 31.2. The zero-order valence-electron chi connectivity index (χ0n) is 17.1. The van der Waals surface area contributed by atoms with Gasteiger partial charge in [-0.15, -0.1) is 0 Å². The van der Waals surface area contributed by atoms with Gasteiger partial charge in [-0.2, -0.15) is 13.2 Å². The number of likely N-dealkylation sites (N-methyl/N-ethyl adjacent to an activating group) is 1. The monoisotopic (exact) mass is 433 g/mol. The second-order valence-corrected chi connectivity index (χ2v) is 7.32. The number of carbonyl (C=O) groups excluding carboxylic acids is 2. The van der Waals surface area contributed by atoms with Crippen molar-refractivity contribution in [2.24, 2.45) is 5.16 Å². The quantitative estimate of drug-likeness (QED) is 0.760. The minimum Gasteiger partial charge on any atom is -0.382 e. The first-order valence-electron chi connectivity index (χ1n) is 9.61. The van der Waals surface area contributed by atoms with E-state index < -0.39 is 29.7 Å². The van der Waals surface area contributed by atoms with Crippen molar-refractivity contribution in [3.63, 3.8) is 0 Å². The molecule has 1 unspecified atom stereocenters. The molecule has 3 rings (SSSR count). The Morgan fingerprint density at radius 1 is 1.19 bits per heavy atom. The normalized spacial score (nSPS) is 15.8. The van der Waals surface area contributed by atoms with Gasteiger partial charge in [0.15, 0.2) is 0 Å². The van der Waals surface area contributed by atoms with Crippen molar-refractivity contribution in [3.8, 4) is 0 Å². The maximum absolute atomic E-state index is 12.8. The lowest BCUT2D eigenvalue weighted by Gasteiger charge is -2.19. The van der Waals surface area contributed by atoms with Crippen LogP contribution in [0.15, 0.2) is 53.7 Å². The van der Waals surface area contributed by atoms with Crippen molar-refractivity contribution in [2.45, 2.75) is 32.2 Å². The van der Waals surface area contributed by atoms with Gasteiger partial charge in [-0.1, -0.05) is 41.6 Å². The van der Waals surface area contributed by atoms with E-state index in [1.54, 1.807) is 0 Å². The van der Waals surface area contributed by atoms with Gasteiger partial charge in [-0.05, 0) is 30.2 Å². The van der Waals surface area contributed by atoms with Crippen LogP contribution in [0.3, 0.4) is 0 Å². The summed E-state index contributed by atoms with van der Waals surface area (Å²) in [5.41, 5.74) is 2.11. The lowest BCUT2D eigenvalue weighted by atomic mass is 10.00. The molecular formula is C22H22F3N3O3. The van der Waals surface area contributed by atoms with Gasteiger partial charge >= 0.3 is 6.18 Å². The molecule has 1 aliphatic heterocycles. The number of alkyl halides is 3. The topological polar surface area (TPSA) is 71.0 Å². The number of nitrogens with one attached hydrogen (secondary N) is 1. The standard InChI is InChI=1S/C22H22F3N3O3/c1-14-6-3-4-9-17(14)18-11-19(31-27-18)21(30)28(2)13-20(29)26-12-15-7-5-8-16(10-15)22(23,24)25/h3-10,19H,11-13H2,1-2H3,(H,26,29). The van der Waals surface area contributed by atoms with Gasteiger partial charge in [-0.25, -0.2) is 0 Å². The highest BCUT2D eigenvalue weighted by molar-refractivity contribution is 6.05. The maximum atomic E-state index is 12.8. The molecule has 1 aliphatic rings. The summed E-state index contributed by atoms with van der Waals surface area (Å²) in [6, 6.07) is 12.3. The van der Waals surface area contributed by atoms with Gasteiger partial charge in [0, 0.05) is 25.6 Å². The van der Waals surface area contributed by atoms with Crippen molar-refractivity contribution < 1.29 is 27.6 Å². The molecule has 0 fully saturated rings. The summed E-state index contributed by atoms with van der Waals surface area (Å²) in [6.07, 6.45) is -4.98. The molecule has 2 aromatic rings. The largest absolute Gasteiger partial charge is 0.416 e. The number of carbonyl (C=O) groups is 2. The molecule has 0 saturated heterocycles. The van der Waals surface area contributed by atoms with E-state index in [9.17, 15) is 22.8 Å². The average Bonchev–Trinajstić information content (AvgIpc) is 3.21. The van der Waals surface area contributed by atoms with Crippen LogP contribution < -0.4 is 5.32 Å². The fourth-order valence-corrected chi connectivity index (χ4v) is 3.22. The number of oxime groups is 1. The van der Waals surface area contributed by atoms with Crippen molar-refractivity contribution in [2.75, 3.05) is 13.6 Å². The van der Waals surface area contributed by atoms with Crippen LogP contribution in [0.2, 0.25) is 0 Å². The van der Waals surface area contributed by atoms with Gasteiger partial charge in [-0.3, -0.25) is 9.59 Å². The van der Waals surface area contributed by atoms with Crippen molar-refractivity contribution in [3.05, 3.63) is 70.8 Å². The Morgan fingerprint density at radius 2 is 1.94 bits per heavy atom. The third-order valence-corrected chi connectivity index (χ3v) is 4.90. The van der Waals surface area contributed by atoms with Crippen molar-refractivity contribution >= 4 is 17.5 Å². The van der Waals surface area contributed by atoms with E-state index in [0.717, 1.165) is 23.3 Å². The number of hydrogen-bond acceptors (Lipinski definition) is 4.